The van der Waals surface area contributed by atoms with Gasteiger partial charge in [0.05, 0.1) is 18.2 Å². The molecular weight excluding hydrogens is 302 g/mol. The van der Waals surface area contributed by atoms with Crippen molar-refractivity contribution in [2.45, 2.75) is 25.8 Å². The van der Waals surface area contributed by atoms with Crippen LogP contribution in [0.2, 0.25) is 0 Å². The Bertz CT molecular complexity index is 702. The van der Waals surface area contributed by atoms with Crippen LogP contribution in [-0.4, -0.2) is 33.9 Å². The van der Waals surface area contributed by atoms with Gasteiger partial charge in [-0.15, -0.1) is 0 Å². The van der Waals surface area contributed by atoms with Crippen molar-refractivity contribution in [1.82, 2.24) is 20.3 Å². The Labute approximate surface area is 141 Å². The van der Waals surface area contributed by atoms with Gasteiger partial charge in [0.2, 0.25) is 11.9 Å². The molecule has 2 aliphatic rings. The molecule has 3 heterocycles. The third-order valence-electron chi connectivity index (χ3n) is 5.32. The molecule has 1 aliphatic heterocycles. The van der Waals surface area contributed by atoms with E-state index in [-0.39, 0.29) is 17.2 Å². The molecule has 6 heteroatoms. The third kappa shape index (κ3) is 2.72. The van der Waals surface area contributed by atoms with E-state index >= 15 is 0 Å². The van der Waals surface area contributed by atoms with Gasteiger partial charge in [-0.25, -0.2) is 9.97 Å². The van der Waals surface area contributed by atoms with Crippen molar-refractivity contribution in [2.24, 2.45) is 11.3 Å². The van der Waals surface area contributed by atoms with E-state index in [9.17, 15) is 4.79 Å². The molecule has 4 rings (SSSR count). The molecule has 124 valence electrons. The van der Waals surface area contributed by atoms with Crippen molar-refractivity contribution >= 4 is 11.9 Å². The monoisotopic (exact) mass is 323 g/mol. The lowest BCUT2D eigenvalue weighted by atomic mass is 9.62. The van der Waals surface area contributed by atoms with Crippen LogP contribution in [0.5, 0.6) is 0 Å². The Morgan fingerprint density at radius 3 is 2.62 bits per heavy atom. The molecule has 1 saturated carbocycles. The molecule has 0 bridgehead atoms. The predicted molar refractivity (Wildman–Crippen MR) is 90.1 cm³/mol. The van der Waals surface area contributed by atoms with Gasteiger partial charge in [-0.05, 0) is 31.0 Å². The molecule has 0 aromatic carbocycles. The van der Waals surface area contributed by atoms with Crippen LogP contribution in [0.1, 0.15) is 25.0 Å². The Balaban J connectivity index is 1.46. The minimum atomic E-state index is -0.00114. The first-order chi connectivity index (χ1) is 11.8. The summed E-state index contributed by atoms with van der Waals surface area (Å²) in [5.74, 6) is 0.848. The number of anilines is 1. The van der Waals surface area contributed by atoms with Crippen molar-refractivity contribution in [3.8, 4) is 0 Å². The number of hydrogen-bond donors (Lipinski definition) is 1. The van der Waals surface area contributed by atoms with Gasteiger partial charge in [0, 0.05) is 37.1 Å². The highest BCUT2D eigenvalue weighted by Crippen LogP contribution is 2.52. The maximum absolute atomic E-state index is 12.8. The lowest BCUT2D eigenvalue weighted by molar-refractivity contribution is -0.129. The Hall–Kier alpha value is -2.50. The second-order valence-electron chi connectivity index (χ2n) is 6.74. The van der Waals surface area contributed by atoms with Crippen LogP contribution in [0, 0.1) is 11.3 Å². The highest BCUT2D eigenvalue weighted by atomic mass is 16.2. The first-order valence-electron chi connectivity index (χ1n) is 8.46. The lowest BCUT2D eigenvalue weighted by Gasteiger charge is -2.41. The minimum absolute atomic E-state index is 0.00114. The summed E-state index contributed by atoms with van der Waals surface area (Å²) >= 11 is 0. The fourth-order valence-electron chi connectivity index (χ4n) is 3.88. The fourth-order valence-corrected chi connectivity index (χ4v) is 3.88. The third-order valence-corrected chi connectivity index (χ3v) is 5.32. The quantitative estimate of drug-likeness (QED) is 0.929. The average molecular weight is 323 g/mol. The normalized spacial score (nSPS) is 21.5. The van der Waals surface area contributed by atoms with Crippen molar-refractivity contribution in [3.63, 3.8) is 0 Å². The Morgan fingerprint density at radius 2 is 1.96 bits per heavy atom. The summed E-state index contributed by atoms with van der Waals surface area (Å²) < 4.78 is 0. The van der Waals surface area contributed by atoms with Gasteiger partial charge in [-0.2, -0.15) is 0 Å². The number of nitrogens with one attached hydrogen (secondary N) is 1. The molecule has 0 radical (unpaired) electrons. The van der Waals surface area contributed by atoms with Crippen LogP contribution in [0.15, 0.2) is 42.9 Å². The number of pyridine rings is 1. The maximum atomic E-state index is 12.8. The SMILES string of the molecule is O=C(NCc1ccccn1)C1CN(c2ncccn2)CC12CCC2. The second kappa shape index (κ2) is 6.19. The lowest BCUT2D eigenvalue weighted by Crippen LogP contribution is -2.45. The highest BCUT2D eigenvalue weighted by Gasteiger charge is 2.53. The zero-order valence-electron chi connectivity index (χ0n) is 13.6. The number of hydrogen-bond acceptors (Lipinski definition) is 5. The van der Waals surface area contributed by atoms with Gasteiger partial charge in [-0.1, -0.05) is 12.5 Å². The first-order valence-corrected chi connectivity index (χ1v) is 8.46. The van der Waals surface area contributed by atoms with Gasteiger partial charge < -0.3 is 10.2 Å². The van der Waals surface area contributed by atoms with Crippen LogP contribution in [0.3, 0.4) is 0 Å². The number of amides is 1. The number of carbonyl (C=O) groups is 1. The van der Waals surface area contributed by atoms with E-state index in [0.29, 0.717) is 13.1 Å². The van der Waals surface area contributed by atoms with E-state index in [1.807, 2.05) is 24.3 Å². The van der Waals surface area contributed by atoms with E-state index in [4.69, 9.17) is 0 Å². The zero-order valence-corrected chi connectivity index (χ0v) is 13.6. The average Bonchev–Trinajstić information content (AvgIpc) is 3.03. The van der Waals surface area contributed by atoms with Crippen molar-refractivity contribution in [3.05, 3.63) is 48.5 Å². The standard InChI is InChI=1S/C18H21N5O/c24-16(22-11-14-5-1-2-8-19-14)15-12-23(13-18(15)6-3-7-18)17-20-9-4-10-21-17/h1-2,4-5,8-10,15H,3,6-7,11-13H2,(H,22,24). The molecular formula is C18H21N5O. The van der Waals surface area contributed by atoms with Gasteiger partial charge in [0.1, 0.15) is 0 Å². The molecule has 1 aliphatic carbocycles. The molecule has 2 fully saturated rings. The summed E-state index contributed by atoms with van der Waals surface area (Å²) in [5, 5.41) is 3.07. The summed E-state index contributed by atoms with van der Waals surface area (Å²) in [5.41, 5.74) is 0.975. The topological polar surface area (TPSA) is 71.0 Å². The number of carbonyl (C=O) groups excluding carboxylic acids is 1. The minimum Gasteiger partial charge on any atom is -0.350 e. The molecule has 2 aromatic rings. The van der Waals surface area contributed by atoms with Crippen molar-refractivity contribution in [2.75, 3.05) is 18.0 Å². The molecule has 1 amide bonds. The number of nitrogens with zero attached hydrogens (tertiary/aromatic N) is 4. The summed E-state index contributed by atoms with van der Waals surface area (Å²) in [6, 6.07) is 7.56. The van der Waals surface area contributed by atoms with Crippen LogP contribution >= 0.6 is 0 Å². The van der Waals surface area contributed by atoms with E-state index in [1.54, 1.807) is 18.6 Å². The number of rotatable bonds is 4. The highest BCUT2D eigenvalue weighted by molar-refractivity contribution is 5.81. The van der Waals surface area contributed by atoms with Crippen LogP contribution in [0.25, 0.3) is 0 Å². The van der Waals surface area contributed by atoms with Gasteiger partial charge in [0.25, 0.3) is 0 Å². The maximum Gasteiger partial charge on any atom is 0.225 e. The van der Waals surface area contributed by atoms with Crippen LogP contribution in [-0.2, 0) is 11.3 Å². The largest absolute Gasteiger partial charge is 0.350 e. The van der Waals surface area contributed by atoms with Crippen molar-refractivity contribution in [1.29, 1.82) is 0 Å². The molecule has 24 heavy (non-hydrogen) atoms. The molecule has 1 spiro atoms. The van der Waals surface area contributed by atoms with E-state index in [2.05, 4.69) is 25.2 Å². The summed E-state index contributed by atoms with van der Waals surface area (Å²) in [7, 11) is 0. The van der Waals surface area contributed by atoms with Crippen LogP contribution in [0.4, 0.5) is 5.95 Å². The fraction of sp³-hybridized carbons (Fsp3) is 0.444. The smallest absolute Gasteiger partial charge is 0.225 e. The summed E-state index contributed by atoms with van der Waals surface area (Å²) in [6.45, 7) is 2.05. The summed E-state index contributed by atoms with van der Waals surface area (Å²) in [6.07, 6.45) is 8.68. The van der Waals surface area contributed by atoms with E-state index in [0.717, 1.165) is 31.0 Å². The van der Waals surface area contributed by atoms with E-state index < -0.39 is 0 Å². The molecule has 1 unspecified atom stereocenters. The Morgan fingerprint density at radius 1 is 1.17 bits per heavy atom. The number of aromatic nitrogens is 3. The molecule has 6 nitrogen and oxygen atoms in total. The van der Waals surface area contributed by atoms with E-state index in [1.165, 1.54) is 6.42 Å². The molecule has 2 aromatic heterocycles. The van der Waals surface area contributed by atoms with Gasteiger partial charge in [0.15, 0.2) is 0 Å². The van der Waals surface area contributed by atoms with Gasteiger partial charge in [-0.3, -0.25) is 9.78 Å². The molecule has 1 N–H and O–H groups in total. The van der Waals surface area contributed by atoms with Crippen LogP contribution < -0.4 is 10.2 Å². The van der Waals surface area contributed by atoms with Gasteiger partial charge >= 0.3 is 0 Å². The molecule has 1 saturated heterocycles. The predicted octanol–water partition coefficient (Wildman–Crippen LogP) is 1.79. The first kappa shape index (κ1) is 15.1. The Kier molecular flexibility index (Phi) is 3.88. The zero-order chi connectivity index (χ0) is 16.4. The molecule has 1 atom stereocenters. The van der Waals surface area contributed by atoms with Crippen molar-refractivity contribution < 1.29 is 4.79 Å². The second-order valence-corrected chi connectivity index (χ2v) is 6.74. The summed E-state index contributed by atoms with van der Waals surface area (Å²) in [4.78, 5) is 27.9.